The normalized spacial score (nSPS) is 12.7. The minimum atomic E-state index is 0.143. The van der Waals surface area contributed by atoms with Gasteiger partial charge in [0.15, 0.2) is 0 Å². The van der Waals surface area contributed by atoms with Crippen LogP contribution in [-0.4, -0.2) is 23.4 Å². The molecule has 0 aliphatic carbocycles. The first-order valence-electron chi connectivity index (χ1n) is 7.06. The van der Waals surface area contributed by atoms with Crippen LogP contribution < -0.4 is 10.6 Å². The van der Waals surface area contributed by atoms with E-state index in [0.29, 0.717) is 12.6 Å². The van der Waals surface area contributed by atoms with Gasteiger partial charge in [0.2, 0.25) is 0 Å². The first-order valence-corrected chi connectivity index (χ1v) is 7.06. The highest BCUT2D eigenvalue weighted by atomic mass is 15.3. The summed E-state index contributed by atoms with van der Waals surface area (Å²) in [5.74, 6) is 0. The second kappa shape index (κ2) is 6.09. The number of nitrogens with zero attached hydrogens (tertiary/aromatic N) is 3. The predicted octanol–water partition coefficient (Wildman–Crippen LogP) is 2.91. The van der Waals surface area contributed by atoms with Crippen molar-refractivity contribution in [2.75, 3.05) is 18.5 Å². The molecule has 0 spiro atoms. The zero-order valence-electron chi connectivity index (χ0n) is 12.7. The van der Waals surface area contributed by atoms with Gasteiger partial charge in [-0.05, 0) is 38.5 Å². The molecular weight excluding hydrogens is 248 g/mol. The third kappa shape index (κ3) is 3.02. The number of hydrogen-bond donors (Lipinski definition) is 1. The van der Waals surface area contributed by atoms with Crippen molar-refractivity contribution in [2.45, 2.75) is 32.9 Å². The van der Waals surface area contributed by atoms with Gasteiger partial charge in [0.25, 0.3) is 0 Å². The van der Waals surface area contributed by atoms with Gasteiger partial charge in [0.05, 0.1) is 12.2 Å². The highest BCUT2D eigenvalue weighted by Gasteiger charge is 2.18. The van der Waals surface area contributed by atoms with Crippen LogP contribution >= 0.6 is 0 Å². The first-order chi connectivity index (χ1) is 9.52. The summed E-state index contributed by atoms with van der Waals surface area (Å²) in [4.78, 5) is 2.22. The second-order valence-electron chi connectivity index (χ2n) is 5.55. The van der Waals surface area contributed by atoms with E-state index in [1.165, 1.54) is 11.3 Å². The van der Waals surface area contributed by atoms with E-state index in [0.717, 1.165) is 5.56 Å². The summed E-state index contributed by atoms with van der Waals surface area (Å²) >= 11 is 0. The van der Waals surface area contributed by atoms with E-state index in [1.54, 1.807) is 0 Å². The van der Waals surface area contributed by atoms with E-state index in [9.17, 15) is 0 Å². The monoisotopic (exact) mass is 272 g/mol. The van der Waals surface area contributed by atoms with Crippen LogP contribution in [0.15, 0.2) is 36.7 Å². The number of benzene rings is 1. The molecule has 1 unspecified atom stereocenters. The molecule has 0 aliphatic heterocycles. The minimum absolute atomic E-state index is 0.143. The fourth-order valence-corrected chi connectivity index (χ4v) is 2.35. The molecule has 108 valence electrons. The zero-order chi connectivity index (χ0) is 14.7. The van der Waals surface area contributed by atoms with Gasteiger partial charge in [-0.25, -0.2) is 0 Å². The molecule has 2 aromatic rings. The van der Waals surface area contributed by atoms with Crippen molar-refractivity contribution in [2.24, 2.45) is 5.73 Å². The van der Waals surface area contributed by atoms with Crippen molar-refractivity contribution in [3.8, 4) is 0 Å². The molecule has 1 heterocycles. The number of likely N-dealkylation sites (N-methyl/N-ethyl adjacent to an activating group) is 1. The maximum absolute atomic E-state index is 5.99. The Morgan fingerprint density at radius 1 is 1.35 bits per heavy atom. The molecule has 1 aromatic heterocycles. The smallest absolute Gasteiger partial charge is 0.0692 e. The second-order valence-corrected chi connectivity index (χ2v) is 5.55. The van der Waals surface area contributed by atoms with Crippen LogP contribution in [0.2, 0.25) is 0 Å². The lowest BCUT2D eigenvalue weighted by atomic mass is 10.1. The van der Waals surface area contributed by atoms with Crippen LogP contribution in [0, 0.1) is 6.92 Å². The van der Waals surface area contributed by atoms with E-state index >= 15 is 0 Å². The van der Waals surface area contributed by atoms with Crippen molar-refractivity contribution in [1.82, 2.24) is 9.78 Å². The Kier molecular flexibility index (Phi) is 4.45. The number of hydrogen-bond acceptors (Lipinski definition) is 3. The maximum Gasteiger partial charge on any atom is 0.0692 e. The highest BCUT2D eigenvalue weighted by molar-refractivity contribution is 5.49. The number of aromatic nitrogens is 2. The number of anilines is 1. The van der Waals surface area contributed by atoms with Crippen LogP contribution in [0.4, 0.5) is 5.69 Å². The van der Waals surface area contributed by atoms with Crippen molar-refractivity contribution < 1.29 is 0 Å². The highest BCUT2D eigenvalue weighted by Crippen LogP contribution is 2.25. The van der Waals surface area contributed by atoms with Crippen molar-refractivity contribution in [1.29, 1.82) is 0 Å². The van der Waals surface area contributed by atoms with Gasteiger partial charge in [-0.3, -0.25) is 4.68 Å². The standard InChI is InChI=1S/C16H24N4/c1-12(2)20-11-14(10-18-20)16(9-17)19(4)15-7-5-6-13(3)8-15/h5-8,10-12,16H,9,17H2,1-4H3. The quantitative estimate of drug-likeness (QED) is 0.910. The molecule has 0 radical (unpaired) electrons. The Bertz CT molecular complexity index is 559. The Morgan fingerprint density at radius 2 is 2.10 bits per heavy atom. The first kappa shape index (κ1) is 14.6. The van der Waals surface area contributed by atoms with Crippen LogP contribution in [0.3, 0.4) is 0 Å². The average molecular weight is 272 g/mol. The van der Waals surface area contributed by atoms with Crippen LogP contribution in [0.25, 0.3) is 0 Å². The third-order valence-corrected chi connectivity index (χ3v) is 3.64. The molecule has 20 heavy (non-hydrogen) atoms. The molecule has 0 saturated carbocycles. The predicted molar refractivity (Wildman–Crippen MR) is 84.0 cm³/mol. The number of nitrogens with two attached hydrogens (primary N) is 1. The van der Waals surface area contributed by atoms with Crippen LogP contribution in [0.1, 0.15) is 37.1 Å². The Hall–Kier alpha value is -1.81. The molecule has 1 aromatic carbocycles. The fourth-order valence-electron chi connectivity index (χ4n) is 2.35. The van der Waals surface area contributed by atoms with Crippen molar-refractivity contribution in [3.63, 3.8) is 0 Å². The summed E-state index contributed by atoms with van der Waals surface area (Å²) in [5, 5.41) is 4.41. The fraction of sp³-hybridized carbons (Fsp3) is 0.438. The third-order valence-electron chi connectivity index (χ3n) is 3.64. The van der Waals surface area contributed by atoms with Crippen molar-refractivity contribution in [3.05, 3.63) is 47.8 Å². The Morgan fingerprint density at radius 3 is 2.65 bits per heavy atom. The lowest BCUT2D eigenvalue weighted by Crippen LogP contribution is -2.30. The summed E-state index contributed by atoms with van der Waals surface area (Å²) in [6, 6.07) is 8.98. The lowest BCUT2D eigenvalue weighted by Gasteiger charge is -2.28. The molecule has 1 atom stereocenters. The van der Waals surface area contributed by atoms with E-state index in [-0.39, 0.29) is 6.04 Å². The van der Waals surface area contributed by atoms with E-state index in [4.69, 9.17) is 5.73 Å². The molecule has 4 heteroatoms. The van der Waals surface area contributed by atoms with Crippen LogP contribution in [0.5, 0.6) is 0 Å². The average Bonchev–Trinajstić information content (AvgIpc) is 2.89. The molecule has 0 aliphatic rings. The van der Waals surface area contributed by atoms with Gasteiger partial charge >= 0.3 is 0 Å². The summed E-state index contributed by atoms with van der Waals surface area (Å²) in [5.41, 5.74) is 9.58. The summed E-state index contributed by atoms with van der Waals surface area (Å²) in [6.07, 6.45) is 4.01. The minimum Gasteiger partial charge on any atom is -0.366 e. The number of aryl methyl sites for hydroxylation is 1. The molecule has 0 fully saturated rings. The molecular formula is C16H24N4. The van der Waals surface area contributed by atoms with Gasteiger partial charge in [-0.15, -0.1) is 0 Å². The molecule has 0 amide bonds. The number of rotatable bonds is 5. The topological polar surface area (TPSA) is 47.1 Å². The summed E-state index contributed by atoms with van der Waals surface area (Å²) in [6.45, 7) is 6.91. The Balaban J connectivity index is 2.26. The molecule has 4 nitrogen and oxygen atoms in total. The largest absolute Gasteiger partial charge is 0.366 e. The van der Waals surface area contributed by atoms with Gasteiger partial charge in [0, 0.05) is 37.1 Å². The summed E-state index contributed by atoms with van der Waals surface area (Å²) < 4.78 is 1.97. The zero-order valence-corrected chi connectivity index (χ0v) is 12.7. The molecule has 2 N–H and O–H groups in total. The van der Waals surface area contributed by atoms with Crippen LogP contribution in [-0.2, 0) is 0 Å². The lowest BCUT2D eigenvalue weighted by molar-refractivity contribution is 0.531. The van der Waals surface area contributed by atoms with Crippen molar-refractivity contribution >= 4 is 5.69 Å². The van der Waals surface area contributed by atoms with Gasteiger partial charge in [-0.2, -0.15) is 5.10 Å². The Labute approximate surface area is 121 Å². The molecule has 0 bridgehead atoms. The maximum atomic E-state index is 5.99. The molecule has 2 rings (SSSR count). The van der Waals surface area contributed by atoms with E-state index in [1.807, 2.05) is 10.9 Å². The van der Waals surface area contributed by atoms with Gasteiger partial charge in [0.1, 0.15) is 0 Å². The molecule has 0 saturated heterocycles. The van der Waals surface area contributed by atoms with Gasteiger partial charge < -0.3 is 10.6 Å². The SMILES string of the molecule is Cc1cccc(N(C)C(CN)c2cnn(C(C)C)c2)c1. The van der Waals surface area contributed by atoms with E-state index in [2.05, 4.69) is 68.3 Å². The van der Waals surface area contributed by atoms with Gasteiger partial charge in [-0.1, -0.05) is 12.1 Å². The van der Waals surface area contributed by atoms with E-state index < -0.39 is 0 Å². The summed E-state index contributed by atoms with van der Waals surface area (Å²) in [7, 11) is 2.08.